The molecule has 0 unspecified atom stereocenters. The maximum absolute atomic E-state index is 6.72. The third-order valence-corrected chi connectivity index (χ3v) is 8.43. The molecule has 43 heavy (non-hydrogen) atoms. The number of aromatic nitrogens is 2. The Morgan fingerprint density at radius 1 is 0.442 bits per heavy atom. The summed E-state index contributed by atoms with van der Waals surface area (Å²) in [6, 6.07) is 51.0. The number of pyridine rings is 2. The molecule has 2 aromatic heterocycles. The van der Waals surface area contributed by atoms with Crippen LogP contribution in [0.2, 0.25) is 0 Å². The highest BCUT2D eigenvalue weighted by Crippen LogP contribution is 2.45. The van der Waals surface area contributed by atoms with Gasteiger partial charge in [-0.25, -0.2) is 0 Å². The van der Waals surface area contributed by atoms with E-state index in [-0.39, 0.29) is 13.4 Å². The number of fused-ring (bicyclic) bond motifs is 2. The van der Waals surface area contributed by atoms with E-state index in [0.717, 1.165) is 39.1 Å². The molecule has 8 rings (SSSR count). The van der Waals surface area contributed by atoms with Gasteiger partial charge >= 0.3 is 0 Å². The van der Waals surface area contributed by atoms with Gasteiger partial charge in [0, 0.05) is 34.5 Å². The zero-order valence-corrected chi connectivity index (χ0v) is 23.5. The van der Waals surface area contributed by atoms with Crippen molar-refractivity contribution in [3.05, 3.63) is 158 Å². The van der Waals surface area contributed by atoms with Crippen molar-refractivity contribution >= 4 is 57.2 Å². The Hall–Kier alpha value is -5.41. The van der Waals surface area contributed by atoms with Crippen molar-refractivity contribution in [1.29, 1.82) is 0 Å². The SMILES string of the molecule is c1ccc(B(c2ccc3c(c2)Oc2cccc4c(B(c5ccccc5)c5ccccn5)ccc-3c24)c2ccccn2)cc1. The molecule has 3 nitrogen and oxygen atoms in total. The van der Waals surface area contributed by atoms with Crippen molar-refractivity contribution in [2.45, 2.75) is 0 Å². The highest BCUT2D eigenvalue weighted by Gasteiger charge is 2.30. The third kappa shape index (κ3) is 4.50. The summed E-state index contributed by atoms with van der Waals surface area (Å²) in [5.41, 5.74) is 9.10. The van der Waals surface area contributed by atoms with Crippen LogP contribution in [-0.2, 0) is 0 Å². The Morgan fingerprint density at radius 3 is 1.74 bits per heavy atom. The second kappa shape index (κ2) is 10.8. The van der Waals surface area contributed by atoms with Crippen LogP contribution in [0.5, 0.6) is 11.5 Å². The third-order valence-electron chi connectivity index (χ3n) is 8.43. The normalized spacial score (nSPS) is 11.4. The van der Waals surface area contributed by atoms with Gasteiger partial charge in [0.05, 0.1) is 0 Å². The van der Waals surface area contributed by atoms with Gasteiger partial charge in [0.25, 0.3) is 13.4 Å². The summed E-state index contributed by atoms with van der Waals surface area (Å²) in [4.78, 5) is 9.53. The van der Waals surface area contributed by atoms with E-state index in [0.29, 0.717) is 0 Å². The molecular formula is C38H26B2N2O. The molecule has 0 radical (unpaired) electrons. The van der Waals surface area contributed by atoms with Crippen molar-refractivity contribution < 1.29 is 4.74 Å². The maximum Gasteiger partial charge on any atom is 0.265 e. The quantitative estimate of drug-likeness (QED) is 0.289. The molecule has 1 aliphatic rings. The second-order valence-electron chi connectivity index (χ2n) is 10.9. The van der Waals surface area contributed by atoms with Crippen LogP contribution >= 0.6 is 0 Å². The van der Waals surface area contributed by atoms with E-state index in [1.165, 1.54) is 27.3 Å². The van der Waals surface area contributed by atoms with E-state index in [9.17, 15) is 0 Å². The summed E-state index contributed by atoms with van der Waals surface area (Å²) in [6.45, 7) is 0.00124. The summed E-state index contributed by atoms with van der Waals surface area (Å²) < 4.78 is 6.72. The molecule has 0 N–H and O–H groups in total. The minimum Gasteiger partial charge on any atom is -0.456 e. The second-order valence-corrected chi connectivity index (χ2v) is 10.9. The molecule has 200 valence electrons. The van der Waals surface area contributed by atoms with Crippen LogP contribution in [-0.4, -0.2) is 23.4 Å². The van der Waals surface area contributed by atoms with Gasteiger partial charge in [0.2, 0.25) is 0 Å². The fraction of sp³-hybridized carbons (Fsp3) is 0. The molecule has 3 heterocycles. The Kier molecular flexibility index (Phi) is 6.34. The standard InChI is InChI=1S/C38H26B2N2O/c1-3-12-27(13-4-1)39(36-18-7-9-24-41-36)29-20-21-30-31-22-23-33(32-16-11-17-34(38(31)32)43-35(30)26-29)40(28-14-5-2-6-15-28)37-19-8-10-25-42-37/h1-26H. The summed E-state index contributed by atoms with van der Waals surface area (Å²) >= 11 is 0. The minimum atomic E-state index is 0.000441. The molecule has 1 aliphatic heterocycles. The highest BCUT2D eigenvalue weighted by atomic mass is 16.5. The average Bonchev–Trinajstić information content (AvgIpc) is 3.08. The predicted octanol–water partition coefficient (Wildman–Crippen LogP) is 4.43. The van der Waals surface area contributed by atoms with Crippen LogP contribution in [0.15, 0.2) is 158 Å². The molecule has 0 saturated carbocycles. The smallest absolute Gasteiger partial charge is 0.265 e. The highest BCUT2D eigenvalue weighted by molar-refractivity contribution is 6.96. The fourth-order valence-corrected chi connectivity index (χ4v) is 6.53. The van der Waals surface area contributed by atoms with Crippen molar-refractivity contribution in [3.8, 4) is 22.6 Å². The van der Waals surface area contributed by atoms with E-state index in [1.54, 1.807) is 0 Å². The van der Waals surface area contributed by atoms with Gasteiger partial charge in [0.15, 0.2) is 0 Å². The van der Waals surface area contributed by atoms with Crippen molar-refractivity contribution in [3.63, 3.8) is 0 Å². The first-order chi connectivity index (χ1) is 21.3. The van der Waals surface area contributed by atoms with Gasteiger partial charge in [-0.1, -0.05) is 131 Å². The van der Waals surface area contributed by atoms with Gasteiger partial charge in [-0.3, -0.25) is 9.97 Å². The molecule has 0 fully saturated rings. The van der Waals surface area contributed by atoms with Gasteiger partial charge < -0.3 is 4.74 Å². The van der Waals surface area contributed by atoms with E-state index >= 15 is 0 Å². The lowest BCUT2D eigenvalue weighted by Crippen LogP contribution is -2.53. The fourth-order valence-electron chi connectivity index (χ4n) is 6.53. The maximum atomic E-state index is 6.72. The Bertz CT molecular complexity index is 1970. The molecule has 5 heteroatoms. The molecule has 0 spiro atoms. The molecule has 7 aromatic rings. The van der Waals surface area contributed by atoms with E-state index in [1.807, 2.05) is 24.5 Å². The van der Waals surface area contributed by atoms with E-state index < -0.39 is 0 Å². The van der Waals surface area contributed by atoms with Gasteiger partial charge in [-0.2, -0.15) is 0 Å². The number of nitrogens with zero attached hydrogens (tertiary/aromatic N) is 2. The van der Waals surface area contributed by atoms with Crippen LogP contribution in [0.4, 0.5) is 0 Å². The number of rotatable bonds is 6. The van der Waals surface area contributed by atoms with Crippen molar-refractivity contribution in [2.24, 2.45) is 0 Å². The minimum absolute atomic E-state index is 0.000441. The Labute approximate surface area is 252 Å². The summed E-state index contributed by atoms with van der Waals surface area (Å²) in [6.07, 6.45) is 3.74. The van der Waals surface area contributed by atoms with E-state index in [4.69, 9.17) is 14.7 Å². The van der Waals surface area contributed by atoms with Gasteiger partial charge in [-0.15, -0.1) is 0 Å². The number of ether oxygens (including phenoxy) is 1. The van der Waals surface area contributed by atoms with Crippen LogP contribution < -0.4 is 37.8 Å². The predicted molar refractivity (Wildman–Crippen MR) is 180 cm³/mol. The van der Waals surface area contributed by atoms with E-state index in [2.05, 4.69) is 133 Å². The van der Waals surface area contributed by atoms with Gasteiger partial charge in [-0.05, 0) is 47.3 Å². The first-order valence-corrected chi connectivity index (χ1v) is 14.6. The van der Waals surface area contributed by atoms with Crippen LogP contribution in [0.3, 0.4) is 0 Å². The number of hydrogen-bond acceptors (Lipinski definition) is 3. The number of benzene rings is 5. The largest absolute Gasteiger partial charge is 0.456 e. The summed E-state index contributed by atoms with van der Waals surface area (Å²) in [7, 11) is 0. The monoisotopic (exact) mass is 548 g/mol. The van der Waals surface area contributed by atoms with Crippen LogP contribution in [0.25, 0.3) is 21.9 Å². The summed E-state index contributed by atoms with van der Waals surface area (Å²) in [5, 5.41) is 2.32. The zero-order valence-electron chi connectivity index (χ0n) is 23.5. The molecule has 0 saturated heterocycles. The van der Waals surface area contributed by atoms with Crippen LogP contribution in [0, 0.1) is 0 Å². The lowest BCUT2D eigenvalue weighted by molar-refractivity contribution is 0.487. The van der Waals surface area contributed by atoms with Crippen molar-refractivity contribution in [2.75, 3.05) is 0 Å². The molecule has 0 atom stereocenters. The average molecular weight is 548 g/mol. The number of hydrogen-bond donors (Lipinski definition) is 0. The topological polar surface area (TPSA) is 35.0 Å². The molecule has 0 aliphatic carbocycles. The molecule has 0 bridgehead atoms. The molecular weight excluding hydrogens is 522 g/mol. The Morgan fingerprint density at radius 2 is 1.07 bits per heavy atom. The summed E-state index contributed by atoms with van der Waals surface area (Å²) in [5.74, 6) is 1.74. The first-order valence-electron chi connectivity index (χ1n) is 14.6. The molecule has 5 aromatic carbocycles. The van der Waals surface area contributed by atoms with Crippen LogP contribution in [0.1, 0.15) is 0 Å². The van der Waals surface area contributed by atoms with Gasteiger partial charge in [0.1, 0.15) is 11.5 Å². The Balaban J connectivity index is 1.28. The zero-order chi connectivity index (χ0) is 28.6. The molecule has 0 amide bonds. The first kappa shape index (κ1) is 25.3. The lowest BCUT2D eigenvalue weighted by atomic mass is 9.37. The lowest BCUT2D eigenvalue weighted by Gasteiger charge is -2.25. The van der Waals surface area contributed by atoms with Crippen molar-refractivity contribution in [1.82, 2.24) is 9.97 Å².